The van der Waals surface area contributed by atoms with Gasteiger partial charge in [0.05, 0.1) is 37.0 Å². The van der Waals surface area contributed by atoms with Gasteiger partial charge in [-0.3, -0.25) is 4.79 Å². The van der Waals surface area contributed by atoms with E-state index in [-0.39, 0.29) is 12.0 Å². The standard InChI is InChI=1S/C20H21N5O2/c1-12(26)22-19-6-14-5-13(18-8-21-11-24(18)2)3-4-17(14)20(23-19)25-9-16-7-15(25)10-27-16/h3-6,8,11,15-16H,7,9-10H2,1-2H3,(H,22,23,26)/t15-,16-/m0/s1. The van der Waals surface area contributed by atoms with Gasteiger partial charge in [0.2, 0.25) is 5.91 Å². The fraction of sp³-hybridized carbons (Fsp3) is 0.350. The van der Waals surface area contributed by atoms with Gasteiger partial charge in [0.15, 0.2) is 0 Å². The lowest BCUT2D eigenvalue weighted by atomic mass is 10.1. The number of anilines is 2. The summed E-state index contributed by atoms with van der Waals surface area (Å²) in [5.41, 5.74) is 2.13. The van der Waals surface area contributed by atoms with E-state index in [1.807, 2.05) is 23.9 Å². The molecule has 2 aliphatic rings. The van der Waals surface area contributed by atoms with Crippen molar-refractivity contribution in [2.45, 2.75) is 25.5 Å². The molecular formula is C20H21N5O2. The Balaban J connectivity index is 1.66. The molecule has 2 aromatic heterocycles. The highest BCUT2D eigenvalue weighted by molar-refractivity contribution is 5.99. The molecule has 3 aromatic rings. The van der Waals surface area contributed by atoms with Crippen molar-refractivity contribution in [2.75, 3.05) is 23.4 Å². The maximum Gasteiger partial charge on any atom is 0.222 e. The Morgan fingerprint density at radius 1 is 1.33 bits per heavy atom. The topological polar surface area (TPSA) is 72.3 Å². The molecule has 0 aliphatic carbocycles. The van der Waals surface area contributed by atoms with Crippen molar-refractivity contribution < 1.29 is 9.53 Å². The van der Waals surface area contributed by atoms with Crippen LogP contribution in [0.15, 0.2) is 36.8 Å². The van der Waals surface area contributed by atoms with E-state index in [1.165, 1.54) is 6.92 Å². The third kappa shape index (κ3) is 2.75. The van der Waals surface area contributed by atoms with Crippen molar-refractivity contribution in [1.29, 1.82) is 0 Å². The van der Waals surface area contributed by atoms with E-state index >= 15 is 0 Å². The van der Waals surface area contributed by atoms with E-state index in [0.717, 1.165) is 47.4 Å². The molecule has 138 valence electrons. The first-order valence-electron chi connectivity index (χ1n) is 9.16. The Morgan fingerprint density at radius 2 is 2.22 bits per heavy atom. The molecule has 0 radical (unpaired) electrons. The number of hydrogen-bond acceptors (Lipinski definition) is 5. The minimum atomic E-state index is -0.123. The number of nitrogens with zero attached hydrogens (tertiary/aromatic N) is 4. The van der Waals surface area contributed by atoms with Gasteiger partial charge in [0.25, 0.3) is 0 Å². The number of fused-ring (bicyclic) bond motifs is 3. The largest absolute Gasteiger partial charge is 0.374 e. The zero-order valence-electron chi connectivity index (χ0n) is 15.3. The Morgan fingerprint density at radius 3 is 2.89 bits per heavy atom. The number of pyridine rings is 1. The first-order valence-corrected chi connectivity index (χ1v) is 9.16. The molecule has 7 heteroatoms. The maximum atomic E-state index is 11.6. The van der Waals surface area contributed by atoms with Gasteiger partial charge in [-0.25, -0.2) is 9.97 Å². The fourth-order valence-corrected chi connectivity index (χ4v) is 4.16. The molecule has 27 heavy (non-hydrogen) atoms. The van der Waals surface area contributed by atoms with Crippen molar-refractivity contribution in [3.05, 3.63) is 36.8 Å². The average molecular weight is 363 g/mol. The number of aryl methyl sites for hydroxylation is 1. The Hall–Kier alpha value is -2.93. The highest BCUT2D eigenvalue weighted by atomic mass is 16.5. The summed E-state index contributed by atoms with van der Waals surface area (Å²) in [6.07, 6.45) is 4.97. The summed E-state index contributed by atoms with van der Waals surface area (Å²) in [5.74, 6) is 1.38. The SMILES string of the molecule is CC(=O)Nc1cc2cc(-c3cncn3C)ccc2c(N2C[C@@H]3C[C@H]2CO3)n1. The molecule has 7 nitrogen and oxygen atoms in total. The van der Waals surface area contributed by atoms with Gasteiger partial charge in [0, 0.05) is 31.5 Å². The summed E-state index contributed by atoms with van der Waals surface area (Å²) in [5, 5.41) is 4.98. The Bertz CT molecular complexity index is 1040. The molecule has 0 spiro atoms. The van der Waals surface area contributed by atoms with Crippen LogP contribution in [0.5, 0.6) is 0 Å². The molecule has 2 fully saturated rings. The van der Waals surface area contributed by atoms with Crippen molar-refractivity contribution in [3.8, 4) is 11.3 Å². The number of nitrogens with one attached hydrogen (secondary N) is 1. The van der Waals surface area contributed by atoms with Gasteiger partial charge in [-0.2, -0.15) is 0 Å². The minimum absolute atomic E-state index is 0.123. The second kappa shape index (κ2) is 6.06. The number of rotatable bonds is 3. The van der Waals surface area contributed by atoms with Crippen LogP contribution in [0.25, 0.3) is 22.0 Å². The lowest BCUT2D eigenvalue weighted by Crippen LogP contribution is -2.37. The number of benzene rings is 1. The van der Waals surface area contributed by atoms with Gasteiger partial charge in [-0.1, -0.05) is 6.07 Å². The van der Waals surface area contributed by atoms with Crippen molar-refractivity contribution >= 4 is 28.3 Å². The molecule has 0 saturated carbocycles. The quantitative estimate of drug-likeness (QED) is 0.774. The number of hydrogen-bond donors (Lipinski definition) is 1. The Kier molecular flexibility index (Phi) is 3.65. The molecule has 0 unspecified atom stereocenters. The number of carbonyl (C=O) groups is 1. The molecule has 2 saturated heterocycles. The summed E-state index contributed by atoms with van der Waals surface area (Å²) in [6, 6.07) is 8.64. The summed E-state index contributed by atoms with van der Waals surface area (Å²) >= 11 is 0. The minimum Gasteiger partial charge on any atom is -0.374 e. The fourth-order valence-electron chi connectivity index (χ4n) is 4.16. The molecule has 2 atom stereocenters. The van der Waals surface area contributed by atoms with Crippen molar-refractivity contribution in [2.24, 2.45) is 7.05 Å². The van der Waals surface area contributed by atoms with Crippen LogP contribution in [0, 0.1) is 0 Å². The number of imidazole rings is 1. The molecule has 2 bridgehead atoms. The highest BCUT2D eigenvalue weighted by Crippen LogP contribution is 2.37. The number of carbonyl (C=O) groups excluding carboxylic acids is 1. The molecule has 1 aromatic carbocycles. The number of amides is 1. The molecule has 5 rings (SSSR count). The predicted molar refractivity (Wildman–Crippen MR) is 104 cm³/mol. The van der Waals surface area contributed by atoms with Crippen LogP contribution in [-0.2, 0) is 16.6 Å². The lowest BCUT2D eigenvalue weighted by Gasteiger charge is -2.29. The second-order valence-electron chi connectivity index (χ2n) is 7.34. The first-order chi connectivity index (χ1) is 13.1. The van der Waals surface area contributed by atoms with Crippen LogP contribution in [0.4, 0.5) is 11.6 Å². The summed E-state index contributed by atoms with van der Waals surface area (Å²) in [4.78, 5) is 22.9. The van der Waals surface area contributed by atoms with E-state index in [9.17, 15) is 4.79 Å². The zero-order valence-corrected chi connectivity index (χ0v) is 15.3. The monoisotopic (exact) mass is 363 g/mol. The number of aromatic nitrogens is 3. The van der Waals surface area contributed by atoms with Crippen LogP contribution >= 0.6 is 0 Å². The van der Waals surface area contributed by atoms with Crippen molar-refractivity contribution in [3.63, 3.8) is 0 Å². The van der Waals surface area contributed by atoms with Crippen molar-refractivity contribution in [1.82, 2.24) is 14.5 Å². The lowest BCUT2D eigenvalue weighted by molar-refractivity contribution is -0.114. The zero-order chi connectivity index (χ0) is 18.5. The van der Waals surface area contributed by atoms with Gasteiger partial charge < -0.3 is 19.5 Å². The van der Waals surface area contributed by atoms with Crippen LogP contribution in [-0.4, -0.2) is 45.7 Å². The van der Waals surface area contributed by atoms with Crippen LogP contribution in [0.2, 0.25) is 0 Å². The third-order valence-electron chi connectivity index (χ3n) is 5.40. The van der Waals surface area contributed by atoms with Crippen LogP contribution < -0.4 is 10.2 Å². The Labute approximate surface area is 157 Å². The second-order valence-corrected chi connectivity index (χ2v) is 7.34. The number of morpholine rings is 1. The predicted octanol–water partition coefficient (Wildman–Crippen LogP) is 2.57. The number of ether oxygens (including phenoxy) is 1. The summed E-state index contributed by atoms with van der Waals surface area (Å²) in [6.45, 7) is 3.09. The normalized spacial score (nSPS) is 21.2. The average Bonchev–Trinajstić information content (AvgIpc) is 3.36. The molecular weight excluding hydrogens is 342 g/mol. The van der Waals surface area contributed by atoms with Crippen LogP contribution in [0.1, 0.15) is 13.3 Å². The van der Waals surface area contributed by atoms with E-state index in [2.05, 4.69) is 33.4 Å². The van der Waals surface area contributed by atoms with E-state index in [4.69, 9.17) is 9.72 Å². The van der Waals surface area contributed by atoms with Gasteiger partial charge in [-0.05, 0) is 30.0 Å². The van der Waals surface area contributed by atoms with E-state index < -0.39 is 0 Å². The third-order valence-corrected chi connectivity index (χ3v) is 5.40. The van der Waals surface area contributed by atoms with Crippen LogP contribution in [0.3, 0.4) is 0 Å². The first kappa shape index (κ1) is 16.3. The maximum absolute atomic E-state index is 11.6. The van der Waals surface area contributed by atoms with Gasteiger partial charge in [0.1, 0.15) is 11.6 Å². The summed E-state index contributed by atoms with van der Waals surface area (Å²) < 4.78 is 7.74. The molecule has 4 heterocycles. The molecule has 2 aliphatic heterocycles. The molecule has 1 N–H and O–H groups in total. The summed E-state index contributed by atoms with van der Waals surface area (Å²) in [7, 11) is 1.98. The molecule has 1 amide bonds. The van der Waals surface area contributed by atoms with Gasteiger partial charge >= 0.3 is 0 Å². The highest BCUT2D eigenvalue weighted by Gasteiger charge is 2.40. The smallest absolute Gasteiger partial charge is 0.222 e. The van der Waals surface area contributed by atoms with E-state index in [1.54, 1.807) is 6.33 Å². The van der Waals surface area contributed by atoms with Gasteiger partial charge in [-0.15, -0.1) is 0 Å². The van der Waals surface area contributed by atoms with E-state index in [0.29, 0.717) is 11.9 Å².